The zero-order valence-electron chi connectivity index (χ0n) is 10.2. The Labute approximate surface area is 99.5 Å². The van der Waals surface area contributed by atoms with Crippen LogP contribution in [0.1, 0.15) is 16.9 Å². The minimum atomic E-state index is 0.788. The summed E-state index contributed by atoms with van der Waals surface area (Å²) in [6, 6.07) is 8.13. The summed E-state index contributed by atoms with van der Waals surface area (Å²) in [4.78, 5) is 7.89. The van der Waals surface area contributed by atoms with Crippen LogP contribution in [0.3, 0.4) is 0 Å². The SMILES string of the molecule is Cc1cc(C)c2nc(-c3ccc(C)o3)[nH]c2c1. The van der Waals surface area contributed by atoms with Crippen LogP contribution < -0.4 is 0 Å². The highest BCUT2D eigenvalue weighted by Crippen LogP contribution is 2.24. The topological polar surface area (TPSA) is 41.8 Å². The Morgan fingerprint density at radius 2 is 1.94 bits per heavy atom. The minimum absolute atomic E-state index is 0.788. The van der Waals surface area contributed by atoms with Crippen LogP contribution in [-0.2, 0) is 0 Å². The number of imidazole rings is 1. The molecule has 0 saturated carbocycles. The summed E-state index contributed by atoms with van der Waals surface area (Å²) in [6.07, 6.45) is 0. The maximum Gasteiger partial charge on any atom is 0.174 e. The van der Waals surface area contributed by atoms with Crippen molar-refractivity contribution in [1.29, 1.82) is 0 Å². The highest BCUT2D eigenvalue weighted by atomic mass is 16.3. The Morgan fingerprint density at radius 3 is 2.65 bits per heavy atom. The molecular formula is C14H14N2O. The van der Waals surface area contributed by atoms with E-state index in [1.54, 1.807) is 0 Å². The number of hydrogen-bond donors (Lipinski definition) is 1. The summed E-state index contributed by atoms with van der Waals surface area (Å²) in [6.45, 7) is 6.10. The first kappa shape index (κ1) is 10.1. The molecule has 0 amide bonds. The van der Waals surface area contributed by atoms with Crippen molar-refractivity contribution in [2.75, 3.05) is 0 Å². The van der Waals surface area contributed by atoms with Crippen molar-refractivity contribution < 1.29 is 4.42 Å². The van der Waals surface area contributed by atoms with Gasteiger partial charge < -0.3 is 9.40 Å². The second kappa shape index (κ2) is 3.48. The van der Waals surface area contributed by atoms with Crippen molar-refractivity contribution in [2.24, 2.45) is 0 Å². The Morgan fingerprint density at radius 1 is 1.12 bits per heavy atom. The third-order valence-corrected chi connectivity index (χ3v) is 2.90. The number of benzene rings is 1. The van der Waals surface area contributed by atoms with E-state index in [0.29, 0.717) is 0 Å². The maximum atomic E-state index is 5.58. The Balaban J connectivity index is 2.23. The summed E-state index contributed by atoms with van der Waals surface area (Å²) >= 11 is 0. The second-order valence-corrected chi connectivity index (χ2v) is 4.47. The van der Waals surface area contributed by atoms with Gasteiger partial charge in [0.25, 0.3) is 0 Å². The van der Waals surface area contributed by atoms with E-state index in [9.17, 15) is 0 Å². The zero-order chi connectivity index (χ0) is 12.0. The van der Waals surface area contributed by atoms with Gasteiger partial charge in [-0.3, -0.25) is 0 Å². The first-order valence-electron chi connectivity index (χ1n) is 5.67. The molecule has 86 valence electrons. The van der Waals surface area contributed by atoms with E-state index in [0.717, 1.165) is 28.4 Å². The molecule has 1 aromatic carbocycles. The summed E-state index contributed by atoms with van der Waals surface area (Å²) in [5.74, 6) is 2.48. The number of rotatable bonds is 1. The molecule has 0 aliphatic rings. The molecule has 2 aromatic heterocycles. The Hall–Kier alpha value is -2.03. The van der Waals surface area contributed by atoms with E-state index < -0.39 is 0 Å². The smallest absolute Gasteiger partial charge is 0.174 e. The molecule has 0 saturated heterocycles. The summed E-state index contributed by atoms with van der Waals surface area (Å²) in [7, 11) is 0. The highest BCUT2D eigenvalue weighted by molar-refractivity contribution is 5.82. The fourth-order valence-corrected chi connectivity index (χ4v) is 2.15. The van der Waals surface area contributed by atoms with E-state index in [4.69, 9.17) is 4.42 Å². The van der Waals surface area contributed by atoms with Crippen LogP contribution in [0.25, 0.3) is 22.6 Å². The third kappa shape index (κ3) is 1.64. The molecule has 0 aliphatic heterocycles. The molecule has 3 heteroatoms. The number of H-pyrrole nitrogens is 1. The second-order valence-electron chi connectivity index (χ2n) is 4.47. The number of fused-ring (bicyclic) bond motifs is 1. The predicted molar refractivity (Wildman–Crippen MR) is 68.0 cm³/mol. The fraction of sp³-hybridized carbons (Fsp3) is 0.214. The van der Waals surface area contributed by atoms with Gasteiger partial charge in [0, 0.05) is 0 Å². The van der Waals surface area contributed by atoms with E-state index in [1.165, 1.54) is 11.1 Å². The summed E-state index contributed by atoms with van der Waals surface area (Å²) in [5, 5.41) is 0. The van der Waals surface area contributed by atoms with Gasteiger partial charge in [-0.15, -0.1) is 0 Å². The number of aryl methyl sites for hydroxylation is 3. The number of aromatic amines is 1. The molecule has 0 bridgehead atoms. The molecule has 3 nitrogen and oxygen atoms in total. The molecule has 0 radical (unpaired) electrons. The number of nitrogens with one attached hydrogen (secondary N) is 1. The quantitative estimate of drug-likeness (QED) is 0.686. The van der Waals surface area contributed by atoms with E-state index in [2.05, 4.69) is 35.9 Å². The minimum Gasteiger partial charge on any atom is -0.458 e. The van der Waals surface area contributed by atoms with Crippen molar-refractivity contribution in [1.82, 2.24) is 9.97 Å². The van der Waals surface area contributed by atoms with E-state index in [-0.39, 0.29) is 0 Å². The molecule has 3 rings (SSSR count). The Bertz CT molecular complexity index is 691. The average Bonchev–Trinajstić information content (AvgIpc) is 2.83. The molecule has 0 unspecified atom stereocenters. The third-order valence-electron chi connectivity index (χ3n) is 2.90. The van der Waals surface area contributed by atoms with Gasteiger partial charge in [-0.1, -0.05) is 6.07 Å². The van der Waals surface area contributed by atoms with Gasteiger partial charge in [-0.2, -0.15) is 0 Å². The highest BCUT2D eigenvalue weighted by Gasteiger charge is 2.10. The van der Waals surface area contributed by atoms with Crippen molar-refractivity contribution in [3.05, 3.63) is 41.2 Å². The van der Waals surface area contributed by atoms with Crippen LogP contribution in [0, 0.1) is 20.8 Å². The van der Waals surface area contributed by atoms with Gasteiger partial charge in [0.05, 0.1) is 11.0 Å². The normalized spacial score (nSPS) is 11.2. The van der Waals surface area contributed by atoms with Crippen LogP contribution in [0.4, 0.5) is 0 Å². The number of aromatic nitrogens is 2. The lowest BCUT2D eigenvalue weighted by Crippen LogP contribution is -1.79. The monoisotopic (exact) mass is 226 g/mol. The van der Waals surface area contributed by atoms with Crippen molar-refractivity contribution in [3.63, 3.8) is 0 Å². The lowest BCUT2D eigenvalue weighted by atomic mass is 10.1. The molecule has 2 heterocycles. The largest absolute Gasteiger partial charge is 0.458 e. The van der Waals surface area contributed by atoms with E-state index >= 15 is 0 Å². The molecule has 0 aliphatic carbocycles. The van der Waals surface area contributed by atoms with Gasteiger partial charge in [-0.05, 0) is 50.1 Å². The van der Waals surface area contributed by atoms with Crippen LogP contribution in [-0.4, -0.2) is 9.97 Å². The predicted octanol–water partition coefficient (Wildman–Crippen LogP) is 3.75. The van der Waals surface area contributed by atoms with Crippen molar-refractivity contribution in [2.45, 2.75) is 20.8 Å². The maximum absolute atomic E-state index is 5.58. The van der Waals surface area contributed by atoms with Gasteiger partial charge in [0.15, 0.2) is 11.6 Å². The summed E-state index contributed by atoms with van der Waals surface area (Å²) < 4.78 is 5.58. The van der Waals surface area contributed by atoms with E-state index in [1.807, 2.05) is 19.1 Å². The van der Waals surface area contributed by atoms with Crippen LogP contribution in [0.2, 0.25) is 0 Å². The van der Waals surface area contributed by atoms with Gasteiger partial charge in [0.1, 0.15) is 5.76 Å². The van der Waals surface area contributed by atoms with Gasteiger partial charge >= 0.3 is 0 Å². The first-order valence-corrected chi connectivity index (χ1v) is 5.67. The van der Waals surface area contributed by atoms with Gasteiger partial charge in [0.2, 0.25) is 0 Å². The number of furan rings is 1. The zero-order valence-corrected chi connectivity index (χ0v) is 10.2. The Kier molecular flexibility index (Phi) is 2.08. The summed E-state index contributed by atoms with van der Waals surface area (Å²) in [5.41, 5.74) is 4.50. The molecule has 0 fully saturated rings. The molecule has 0 atom stereocenters. The van der Waals surface area contributed by atoms with Crippen LogP contribution >= 0.6 is 0 Å². The number of nitrogens with zero attached hydrogens (tertiary/aromatic N) is 1. The van der Waals surface area contributed by atoms with Crippen LogP contribution in [0.15, 0.2) is 28.7 Å². The first-order chi connectivity index (χ1) is 8.13. The molecule has 0 spiro atoms. The average molecular weight is 226 g/mol. The molecule has 3 aromatic rings. The van der Waals surface area contributed by atoms with Crippen molar-refractivity contribution >= 4 is 11.0 Å². The number of hydrogen-bond acceptors (Lipinski definition) is 2. The van der Waals surface area contributed by atoms with Crippen LogP contribution in [0.5, 0.6) is 0 Å². The van der Waals surface area contributed by atoms with Crippen molar-refractivity contribution in [3.8, 4) is 11.6 Å². The molecule has 17 heavy (non-hydrogen) atoms. The fourth-order valence-electron chi connectivity index (χ4n) is 2.15. The standard InChI is InChI=1S/C14H14N2O/c1-8-6-9(2)13-11(7-8)15-14(16-13)12-5-4-10(3)17-12/h4-7H,1-3H3,(H,15,16). The van der Waals surface area contributed by atoms with Gasteiger partial charge in [-0.25, -0.2) is 4.98 Å². The lowest BCUT2D eigenvalue weighted by Gasteiger charge is -1.96. The molecule has 1 N–H and O–H groups in total. The molecular weight excluding hydrogens is 212 g/mol. The lowest BCUT2D eigenvalue weighted by molar-refractivity contribution is 0.545.